The highest BCUT2D eigenvalue weighted by molar-refractivity contribution is 7.98. The van der Waals surface area contributed by atoms with Gasteiger partial charge >= 0.3 is 0 Å². The topological polar surface area (TPSA) is 101 Å². The molecular weight excluding hydrogens is 414 g/mol. The summed E-state index contributed by atoms with van der Waals surface area (Å²) in [6.07, 6.45) is 3.61. The van der Waals surface area contributed by atoms with E-state index >= 15 is 0 Å². The van der Waals surface area contributed by atoms with Crippen molar-refractivity contribution in [2.24, 2.45) is 0 Å². The molecule has 0 spiro atoms. The number of nitro groups is 1. The number of hydrogen-bond donors (Lipinski definition) is 2. The minimum Gasteiger partial charge on any atom is -0.348 e. The molecule has 1 aliphatic rings. The number of amides is 1. The number of halogens is 1. The van der Waals surface area contributed by atoms with Crippen molar-refractivity contribution in [1.82, 2.24) is 10.6 Å². The Kier molecular flexibility index (Phi) is 8.19. The predicted molar refractivity (Wildman–Crippen MR) is 115 cm³/mol. The number of hydrogen-bond acceptors (Lipinski definition) is 6. The lowest BCUT2D eigenvalue weighted by molar-refractivity contribution is -0.387. The highest BCUT2D eigenvalue weighted by atomic mass is 35.5. The molecule has 0 radical (unpaired) electrons. The van der Waals surface area contributed by atoms with Crippen LogP contribution in [0.2, 0.25) is 0 Å². The minimum absolute atomic E-state index is 0. The van der Waals surface area contributed by atoms with Crippen LogP contribution in [0, 0.1) is 10.1 Å². The lowest BCUT2D eigenvalue weighted by Crippen LogP contribution is -2.45. The summed E-state index contributed by atoms with van der Waals surface area (Å²) >= 11 is 1.24. The summed E-state index contributed by atoms with van der Waals surface area (Å²) in [5.41, 5.74) is 0.572. The molecule has 2 aromatic carbocycles. The fourth-order valence-corrected chi connectivity index (χ4v) is 3.79. The number of carbonyl (C=O) groups excluding carboxylic acids is 2. The predicted octanol–water partition coefficient (Wildman–Crippen LogP) is 3.45. The Morgan fingerprint density at radius 1 is 1.21 bits per heavy atom. The first-order valence-electron chi connectivity index (χ1n) is 8.99. The second-order valence-electron chi connectivity index (χ2n) is 6.54. The summed E-state index contributed by atoms with van der Waals surface area (Å²) in [6.45, 7) is 1.64. The van der Waals surface area contributed by atoms with E-state index in [1.165, 1.54) is 17.8 Å². The van der Waals surface area contributed by atoms with Gasteiger partial charge in [-0.05, 0) is 43.8 Å². The van der Waals surface area contributed by atoms with Crippen molar-refractivity contribution in [2.45, 2.75) is 23.8 Å². The third kappa shape index (κ3) is 5.35. The van der Waals surface area contributed by atoms with Gasteiger partial charge in [0, 0.05) is 29.8 Å². The molecule has 0 unspecified atom stereocenters. The van der Waals surface area contributed by atoms with E-state index in [1.807, 2.05) is 0 Å². The highest BCUT2D eigenvalue weighted by Gasteiger charge is 2.23. The average molecular weight is 436 g/mol. The van der Waals surface area contributed by atoms with Crippen molar-refractivity contribution in [3.05, 3.63) is 69.3 Å². The lowest BCUT2D eigenvalue weighted by Gasteiger charge is -2.24. The van der Waals surface area contributed by atoms with E-state index in [4.69, 9.17) is 0 Å². The normalized spacial score (nSPS) is 15.8. The van der Waals surface area contributed by atoms with Crippen molar-refractivity contribution in [3.8, 4) is 0 Å². The van der Waals surface area contributed by atoms with Crippen LogP contribution in [0.1, 0.15) is 39.1 Å². The number of ketones is 1. The molecule has 1 amide bonds. The van der Waals surface area contributed by atoms with Gasteiger partial charge in [0.05, 0.1) is 15.4 Å². The number of nitro benzene ring substituents is 1. The average Bonchev–Trinajstić information content (AvgIpc) is 2.73. The van der Waals surface area contributed by atoms with Crippen LogP contribution in [0.4, 0.5) is 5.69 Å². The Hall–Kier alpha value is -2.42. The summed E-state index contributed by atoms with van der Waals surface area (Å²) in [4.78, 5) is 37.0. The van der Waals surface area contributed by atoms with Gasteiger partial charge in [0.1, 0.15) is 0 Å². The third-order valence-electron chi connectivity index (χ3n) is 4.69. The molecule has 0 aliphatic carbocycles. The molecule has 0 saturated carbocycles. The summed E-state index contributed by atoms with van der Waals surface area (Å²) < 4.78 is 0. The minimum atomic E-state index is -0.503. The zero-order valence-corrected chi connectivity index (χ0v) is 17.5. The molecule has 0 aromatic heterocycles. The van der Waals surface area contributed by atoms with Crippen molar-refractivity contribution < 1.29 is 14.5 Å². The van der Waals surface area contributed by atoms with Crippen molar-refractivity contribution >= 4 is 41.5 Å². The molecule has 3 rings (SSSR count). The summed E-state index contributed by atoms with van der Waals surface area (Å²) in [5, 5.41) is 17.5. The zero-order chi connectivity index (χ0) is 20.1. The van der Waals surface area contributed by atoms with Crippen LogP contribution in [-0.4, -0.2) is 42.0 Å². The second-order valence-corrected chi connectivity index (χ2v) is 7.38. The van der Waals surface area contributed by atoms with Gasteiger partial charge in [0.2, 0.25) is 0 Å². The maximum atomic E-state index is 13.0. The largest absolute Gasteiger partial charge is 0.348 e. The Morgan fingerprint density at radius 2 is 1.93 bits per heavy atom. The molecule has 1 saturated heterocycles. The number of nitrogens with zero attached hydrogens (tertiary/aromatic N) is 1. The summed E-state index contributed by atoms with van der Waals surface area (Å²) in [5.74, 6) is -0.726. The van der Waals surface area contributed by atoms with Gasteiger partial charge in [-0.15, -0.1) is 24.2 Å². The Balaban J connectivity index is 0.00000300. The molecule has 29 heavy (non-hydrogen) atoms. The van der Waals surface area contributed by atoms with Gasteiger partial charge in [-0.2, -0.15) is 0 Å². The van der Waals surface area contributed by atoms with Crippen LogP contribution >= 0.6 is 24.2 Å². The van der Waals surface area contributed by atoms with Gasteiger partial charge in [0.15, 0.2) is 5.78 Å². The number of thioether (sulfide) groups is 1. The Morgan fingerprint density at radius 3 is 2.55 bits per heavy atom. The maximum Gasteiger partial charge on any atom is 0.283 e. The van der Waals surface area contributed by atoms with Gasteiger partial charge in [-0.1, -0.05) is 18.2 Å². The smallest absolute Gasteiger partial charge is 0.283 e. The molecule has 1 heterocycles. The molecule has 1 aliphatic heterocycles. The number of piperidine rings is 1. The second kappa shape index (κ2) is 10.4. The van der Waals surface area contributed by atoms with E-state index < -0.39 is 10.7 Å². The summed E-state index contributed by atoms with van der Waals surface area (Å²) in [6, 6.07) is 11.0. The van der Waals surface area contributed by atoms with Crippen LogP contribution in [-0.2, 0) is 0 Å². The number of benzene rings is 2. The molecule has 1 fully saturated rings. The quantitative estimate of drug-likeness (QED) is 0.312. The van der Waals surface area contributed by atoms with E-state index in [0.29, 0.717) is 11.4 Å². The van der Waals surface area contributed by atoms with E-state index in [9.17, 15) is 19.7 Å². The SMILES string of the molecule is CSc1ccc(C(=O)c2ccccc2C(=O)N[C@H]2CCCNC2)cc1[N+](=O)[O-].Cl. The number of rotatable bonds is 6. The standard InChI is InChI=1S/C20H21N3O4S.ClH/c1-28-18-9-8-13(11-17(18)23(26)27)19(24)15-6-2-3-7-16(15)20(25)22-14-5-4-10-21-12-14;/h2-3,6-9,11,14,21H,4-5,10,12H2,1H3,(H,22,25);1H/t14-;/m0./s1. The molecule has 1 atom stereocenters. The third-order valence-corrected chi connectivity index (χ3v) is 5.47. The summed E-state index contributed by atoms with van der Waals surface area (Å²) in [7, 11) is 0. The van der Waals surface area contributed by atoms with E-state index in [-0.39, 0.29) is 46.7 Å². The van der Waals surface area contributed by atoms with Crippen molar-refractivity contribution in [1.29, 1.82) is 0 Å². The van der Waals surface area contributed by atoms with Crippen LogP contribution in [0.15, 0.2) is 47.4 Å². The fourth-order valence-electron chi connectivity index (χ4n) is 3.25. The zero-order valence-electron chi connectivity index (χ0n) is 15.8. The van der Waals surface area contributed by atoms with Crippen LogP contribution < -0.4 is 10.6 Å². The Labute approximate surface area is 179 Å². The molecule has 0 bridgehead atoms. The number of carbonyl (C=O) groups is 2. The molecule has 154 valence electrons. The van der Waals surface area contributed by atoms with Crippen molar-refractivity contribution in [2.75, 3.05) is 19.3 Å². The van der Waals surface area contributed by atoms with Gasteiger partial charge in [-0.25, -0.2) is 0 Å². The van der Waals surface area contributed by atoms with E-state index in [2.05, 4.69) is 10.6 Å². The van der Waals surface area contributed by atoms with Gasteiger partial charge in [-0.3, -0.25) is 19.7 Å². The van der Waals surface area contributed by atoms with E-state index in [0.717, 1.165) is 19.4 Å². The van der Waals surface area contributed by atoms with Gasteiger partial charge in [0.25, 0.3) is 11.6 Å². The molecular formula is C20H22ClN3O4S. The number of nitrogens with one attached hydrogen (secondary N) is 2. The Bertz CT molecular complexity index is 916. The highest BCUT2D eigenvalue weighted by Crippen LogP contribution is 2.29. The molecule has 2 aromatic rings. The van der Waals surface area contributed by atoms with Gasteiger partial charge < -0.3 is 10.6 Å². The monoisotopic (exact) mass is 435 g/mol. The van der Waals surface area contributed by atoms with Crippen LogP contribution in [0.5, 0.6) is 0 Å². The first-order valence-corrected chi connectivity index (χ1v) is 10.2. The van der Waals surface area contributed by atoms with Crippen LogP contribution in [0.3, 0.4) is 0 Å². The van der Waals surface area contributed by atoms with Crippen LogP contribution in [0.25, 0.3) is 0 Å². The maximum absolute atomic E-state index is 13.0. The van der Waals surface area contributed by atoms with E-state index in [1.54, 1.807) is 42.7 Å². The van der Waals surface area contributed by atoms with Crippen molar-refractivity contribution in [3.63, 3.8) is 0 Å². The molecule has 9 heteroatoms. The fraction of sp³-hybridized carbons (Fsp3) is 0.300. The molecule has 2 N–H and O–H groups in total. The lowest BCUT2D eigenvalue weighted by atomic mass is 9.97. The first kappa shape index (κ1) is 22.9. The molecule has 7 nitrogen and oxygen atoms in total. The first-order chi connectivity index (χ1) is 13.5.